The van der Waals surface area contributed by atoms with Crippen LogP contribution in [-0.2, 0) is 4.74 Å². The van der Waals surface area contributed by atoms with Crippen LogP contribution in [0.15, 0.2) is 48.5 Å². The quantitative estimate of drug-likeness (QED) is 0.658. The molecule has 0 fully saturated rings. The van der Waals surface area contributed by atoms with E-state index in [4.69, 9.17) is 23.8 Å². The topological polar surface area (TPSA) is 67.4 Å². The lowest BCUT2D eigenvalue weighted by Crippen LogP contribution is -2.34. The van der Waals surface area contributed by atoms with Crippen molar-refractivity contribution < 1.29 is 14.3 Å². The molecule has 7 heteroatoms. The van der Waals surface area contributed by atoms with Crippen LogP contribution in [0, 0.1) is 0 Å². The van der Waals surface area contributed by atoms with E-state index in [1.54, 1.807) is 42.5 Å². The molecule has 0 aromatic heterocycles. The van der Waals surface area contributed by atoms with Crippen molar-refractivity contribution in [1.82, 2.24) is 5.32 Å². The van der Waals surface area contributed by atoms with Gasteiger partial charge in [0.1, 0.15) is 0 Å². The van der Waals surface area contributed by atoms with Crippen molar-refractivity contribution in [2.45, 2.75) is 0 Å². The van der Waals surface area contributed by atoms with Gasteiger partial charge in [0.2, 0.25) is 0 Å². The first kappa shape index (κ1) is 16.9. The van der Waals surface area contributed by atoms with Crippen LogP contribution in [-0.4, -0.2) is 24.1 Å². The minimum absolute atomic E-state index is 0.140. The summed E-state index contributed by atoms with van der Waals surface area (Å²) >= 11 is 10.9. The summed E-state index contributed by atoms with van der Waals surface area (Å²) in [6.07, 6.45) is 0. The molecular formula is C16H13ClN2O3S. The highest BCUT2D eigenvalue weighted by atomic mass is 35.5. The summed E-state index contributed by atoms with van der Waals surface area (Å²) in [4.78, 5) is 23.6. The van der Waals surface area contributed by atoms with Crippen molar-refractivity contribution in [3.05, 3.63) is 64.7 Å². The van der Waals surface area contributed by atoms with Crippen molar-refractivity contribution in [3.8, 4) is 0 Å². The van der Waals surface area contributed by atoms with Gasteiger partial charge < -0.3 is 10.1 Å². The summed E-state index contributed by atoms with van der Waals surface area (Å²) < 4.78 is 4.62. The number of benzene rings is 2. The summed E-state index contributed by atoms with van der Waals surface area (Å²) in [6.45, 7) is 0. The Hall–Kier alpha value is -2.44. The molecule has 1 amide bonds. The first-order valence-corrected chi connectivity index (χ1v) is 7.34. The number of hydrogen-bond acceptors (Lipinski definition) is 4. The summed E-state index contributed by atoms with van der Waals surface area (Å²) in [5.41, 5.74) is 1.29. The molecule has 118 valence electrons. The predicted molar refractivity (Wildman–Crippen MR) is 92.9 cm³/mol. The SMILES string of the molecule is COC(=O)c1cccc(C(=O)NC(=S)Nc2ccc(Cl)cc2)c1. The smallest absolute Gasteiger partial charge is 0.337 e. The number of carbonyl (C=O) groups is 2. The molecule has 2 aromatic carbocycles. The number of methoxy groups -OCH3 is 1. The zero-order valence-corrected chi connectivity index (χ0v) is 13.7. The molecule has 0 radical (unpaired) electrons. The average molecular weight is 349 g/mol. The number of nitrogens with one attached hydrogen (secondary N) is 2. The second kappa shape index (κ2) is 7.71. The van der Waals surface area contributed by atoms with Crippen molar-refractivity contribution in [3.63, 3.8) is 0 Å². The molecule has 0 unspecified atom stereocenters. The number of hydrogen-bond donors (Lipinski definition) is 2. The molecule has 5 nitrogen and oxygen atoms in total. The molecule has 2 N–H and O–H groups in total. The van der Waals surface area contributed by atoms with Gasteiger partial charge in [-0.05, 0) is 54.7 Å². The fraction of sp³-hybridized carbons (Fsp3) is 0.0625. The van der Waals surface area contributed by atoms with Crippen molar-refractivity contribution >= 4 is 46.5 Å². The zero-order chi connectivity index (χ0) is 16.8. The van der Waals surface area contributed by atoms with E-state index in [0.717, 1.165) is 0 Å². The number of thiocarbonyl (C=S) groups is 1. The highest BCUT2D eigenvalue weighted by Gasteiger charge is 2.11. The Labute approximate surface area is 143 Å². The summed E-state index contributed by atoms with van der Waals surface area (Å²) in [5.74, 6) is -0.941. The predicted octanol–water partition coefficient (Wildman–Crippen LogP) is 3.25. The Kier molecular flexibility index (Phi) is 5.67. The molecular weight excluding hydrogens is 336 g/mol. The van der Waals surface area contributed by atoms with E-state index in [-0.39, 0.29) is 10.7 Å². The van der Waals surface area contributed by atoms with Gasteiger partial charge in [0, 0.05) is 16.3 Å². The molecule has 2 rings (SSSR count). The van der Waals surface area contributed by atoms with Crippen molar-refractivity contribution in [1.29, 1.82) is 0 Å². The third kappa shape index (κ3) is 4.77. The standard InChI is InChI=1S/C16H13ClN2O3S/c1-22-15(21)11-4-2-3-10(9-11)14(20)19-16(23)18-13-7-5-12(17)6-8-13/h2-9H,1H3,(H2,18,19,20,23). The van der Waals surface area contributed by atoms with Crippen LogP contribution >= 0.6 is 23.8 Å². The van der Waals surface area contributed by atoms with Crippen LogP contribution in [0.3, 0.4) is 0 Å². The Morgan fingerprint density at radius 3 is 2.39 bits per heavy atom. The van der Waals surface area contributed by atoms with E-state index in [0.29, 0.717) is 16.3 Å². The molecule has 0 atom stereocenters. The molecule has 0 aliphatic carbocycles. The van der Waals surface area contributed by atoms with Gasteiger partial charge in [0.15, 0.2) is 5.11 Å². The van der Waals surface area contributed by atoms with Gasteiger partial charge in [-0.1, -0.05) is 17.7 Å². The lowest BCUT2D eigenvalue weighted by Gasteiger charge is -2.10. The van der Waals surface area contributed by atoms with Gasteiger partial charge in [-0.15, -0.1) is 0 Å². The molecule has 23 heavy (non-hydrogen) atoms. The third-order valence-corrected chi connectivity index (χ3v) is 3.33. The van der Waals surface area contributed by atoms with Gasteiger partial charge in [0.05, 0.1) is 12.7 Å². The van der Waals surface area contributed by atoms with Gasteiger partial charge in [-0.25, -0.2) is 4.79 Å². The number of carbonyl (C=O) groups excluding carboxylic acids is 2. The van der Waals surface area contributed by atoms with Crippen LogP contribution in [0.5, 0.6) is 0 Å². The molecule has 0 heterocycles. The highest BCUT2D eigenvalue weighted by Crippen LogP contribution is 2.13. The van der Waals surface area contributed by atoms with Crippen LogP contribution in [0.25, 0.3) is 0 Å². The number of rotatable bonds is 3. The molecule has 0 spiro atoms. The van der Waals surface area contributed by atoms with Gasteiger partial charge >= 0.3 is 5.97 Å². The van der Waals surface area contributed by atoms with Crippen LogP contribution < -0.4 is 10.6 Å². The fourth-order valence-electron chi connectivity index (χ4n) is 1.78. The third-order valence-electron chi connectivity index (χ3n) is 2.88. The molecule has 0 aliphatic heterocycles. The van der Waals surface area contributed by atoms with E-state index < -0.39 is 11.9 Å². The molecule has 2 aromatic rings. The van der Waals surface area contributed by atoms with Gasteiger partial charge in [0.25, 0.3) is 5.91 Å². The summed E-state index contributed by atoms with van der Waals surface area (Å²) in [7, 11) is 1.28. The average Bonchev–Trinajstić information content (AvgIpc) is 2.56. The molecule has 0 saturated heterocycles. The largest absolute Gasteiger partial charge is 0.465 e. The van der Waals surface area contributed by atoms with Gasteiger partial charge in [-0.3, -0.25) is 10.1 Å². The van der Waals surface area contributed by atoms with Crippen LogP contribution in [0.4, 0.5) is 5.69 Å². The van der Waals surface area contributed by atoms with Crippen LogP contribution in [0.1, 0.15) is 20.7 Å². The monoisotopic (exact) mass is 348 g/mol. The lowest BCUT2D eigenvalue weighted by molar-refractivity contribution is 0.0600. The summed E-state index contributed by atoms with van der Waals surface area (Å²) in [5, 5.41) is 6.15. The first-order chi connectivity index (χ1) is 11.0. The maximum absolute atomic E-state index is 12.2. The van der Waals surface area contributed by atoms with Crippen LogP contribution in [0.2, 0.25) is 5.02 Å². The zero-order valence-electron chi connectivity index (χ0n) is 12.1. The minimum atomic E-state index is -0.512. The van der Waals surface area contributed by atoms with E-state index in [2.05, 4.69) is 15.4 Å². The number of halogens is 1. The normalized spacial score (nSPS) is 9.83. The number of anilines is 1. The second-order valence-electron chi connectivity index (χ2n) is 4.49. The van der Waals surface area contributed by atoms with E-state index in [1.807, 2.05) is 0 Å². The highest BCUT2D eigenvalue weighted by molar-refractivity contribution is 7.80. The Bertz CT molecular complexity index is 747. The molecule has 0 saturated carbocycles. The van der Waals surface area contributed by atoms with E-state index in [9.17, 15) is 9.59 Å². The lowest BCUT2D eigenvalue weighted by atomic mass is 10.1. The Morgan fingerprint density at radius 2 is 1.74 bits per heavy atom. The van der Waals surface area contributed by atoms with Gasteiger partial charge in [-0.2, -0.15) is 0 Å². The number of ether oxygens (including phenoxy) is 1. The fourth-order valence-corrected chi connectivity index (χ4v) is 2.11. The number of esters is 1. The van der Waals surface area contributed by atoms with Crippen molar-refractivity contribution in [2.75, 3.05) is 12.4 Å². The molecule has 0 aliphatic rings. The second-order valence-corrected chi connectivity index (χ2v) is 5.33. The Morgan fingerprint density at radius 1 is 1.09 bits per heavy atom. The summed E-state index contributed by atoms with van der Waals surface area (Å²) in [6, 6.07) is 13.0. The Balaban J connectivity index is 2.02. The maximum Gasteiger partial charge on any atom is 0.337 e. The number of amides is 1. The van der Waals surface area contributed by atoms with E-state index in [1.165, 1.54) is 13.2 Å². The molecule has 0 bridgehead atoms. The first-order valence-electron chi connectivity index (χ1n) is 6.56. The maximum atomic E-state index is 12.2. The van der Waals surface area contributed by atoms with E-state index >= 15 is 0 Å². The minimum Gasteiger partial charge on any atom is -0.465 e. The van der Waals surface area contributed by atoms with Crippen molar-refractivity contribution in [2.24, 2.45) is 0 Å².